The van der Waals surface area contributed by atoms with E-state index in [-0.39, 0.29) is 0 Å². The van der Waals surface area contributed by atoms with E-state index >= 15 is 0 Å². The third-order valence-electron chi connectivity index (χ3n) is 4.32. The van der Waals surface area contributed by atoms with Crippen LogP contribution in [0.25, 0.3) is 0 Å². The summed E-state index contributed by atoms with van der Waals surface area (Å²) in [7, 11) is -3.46. The first-order valence-electron chi connectivity index (χ1n) is 7.86. The zero-order chi connectivity index (χ0) is 16.3. The Kier molecular flexibility index (Phi) is 4.88. The van der Waals surface area contributed by atoms with Gasteiger partial charge in [-0.15, -0.1) is 0 Å². The molecule has 23 heavy (non-hydrogen) atoms. The first-order chi connectivity index (χ1) is 11.0. The Bertz CT molecular complexity index is 617. The minimum Gasteiger partial charge on any atom is -0.399 e. The summed E-state index contributed by atoms with van der Waals surface area (Å²) >= 11 is 0. The average Bonchev–Trinajstić information content (AvgIpc) is 2.98. The molecule has 7 nitrogen and oxygen atoms in total. The van der Waals surface area contributed by atoms with E-state index in [9.17, 15) is 8.42 Å². The monoisotopic (exact) mass is 341 g/mol. The molecule has 0 aliphatic carbocycles. The van der Waals surface area contributed by atoms with Crippen LogP contribution in [0.15, 0.2) is 24.3 Å². The molecule has 1 spiro atoms. The van der Waals surface area contributed by atoms with Gasteiger partial charge in [0, 0.05) is 38.2 Å². The molecule has 2 aliphatic rings. The summed E-state index contributed by atoms with van der Waals surface area (Å²) in [4.78, 5) is 0. The minimum atomic E-state index is -3.46. The van der Waals surface area contributed by atoms with Gasteiger partial charge in [-0.25, -0.2) is 4.72 Å². The lowest BCUT2D eigenvalue weighted by Gasteiger charge is -2.36. The van der Waals surface area contributed by atoms with Crippen LogP contribution in [0.5, 0.6) is 0 Å². The van der Waals surface area contributed by atoms with E-state index < -0.39 is 16.0 Å². The van der Waals surface area contributed by atoms with Crippen molar-refractivity contribution in [1.82, 2.24) is 9.03 Å². The second-order valence-corrected chi connectivity index (χ2v) is 7.65. The Hall–Kier alpha value is -1.19. The van der Waals surface area contributed by atoms with Crippen molar-refractivity contribution in [2.75, 3.05) is 38.6 Å². The van der Waals surface area contributed by atoms with Crippen molar-refractivity contribution < 1.29 is 17.9 Å². The number of anilines is 1. The van der Waals surface area contributed by atoms with Gasteiger partial charge >= 0.3 is 0 Å². The number of nitrogen functional groups attached to an aromatic ring is 1. The van der Waals surface area contributed by atoms with Crippen molar-refractivity contribution in [3.05, 3.63) is 29.8 Å². The molecule has 3 rings (SSSR count). The van der Waals surface area contributed by atoms with Crippen LogP contribution in [0.3, 0.4) is 0 Å². The Morgan fingerprint density at radius 3 is 2.35 bits per heavy atom. The van der Waals surface area contributed by atoms with Gasteiger partial charge in [0.05, 0.1) is 13.2 Å². The van der Waals surface area contributed by atoms with Crippen LogP contribution in [-0.2, 0) is 26.1 Å². The molecule has 0 atom stereocenters. The largest absolute Gasteiger partial charge is 0.399 e. The first kappa shape index (κ1) is 16.7. The van der Waals surface area contributed by atoms with Crippen LogP contribution in [0, 0.1) is 0 Å². The highest BCUT2D eigenvalue weighted by Crippen LogP contribution is 2.31. The maximum atomic E-state index is 12.3. The molecule has 1 aromatic rings. The summed E-state index contributed by atoms with van der Waals surface area (Å²) in [5.74, 6) is -0.560. The van der Waals surface area contributed by atoms with Crippen LogP contribution in [0.4, 0.5) is 5.69 Å². The summed E-state index contributed by atoms with van der Waals surface area (Å²) in [6, 6.07) is 7.44. The molecule has 0 saturated carbocycles. The van der Waals surface area contributed by atoms with Crippen LogP contribution in [-0.4, -0.2) is 51.4 Å². The lowest BCUT2D eigenvalue weighted by molar-refractivity contribution is -0.179. The van der Waals surface area contributed by atoms with E-state index in [0.29, 0.717) is 57.8 Å². The molecule has 8 heteroatoms. The van der Waals surface area contributed by atoms with Crippen molar-refractivity contribution >= 4 is 15.9 Å². The quantitative estimate of drug-likeness (QED) is 0.760. The van der Waals surface area contributed by atoms with E-state index in [1.807, 2.05) is 24.3 Å². The van der Waals surface area contributed by atoms with Gasteiger partial charge in [0.2, 0.25) is 0 Å². The van der Waals surface area contributed by atoms with Gasteiger partial charge in [-0.05, 0) is 24.1 Å². The highest BCUT2D eigenvalue weighted by atomic mass is 32.2. The predicted octanol–water partition coefficient (Wildman–Crippen LogP) is 0.485. The smallest absolute Gasteiger partial charge is 0.279 e. The molecule has 1 aromatic carbocycles. The predicted molar refractivity (Wildman–Crippen MR) is 86.9 cm³/mol. The number of piperidine rings is 1. The standard InChI is InChI=1S/C15H23N3O4S/c16-14-3-1-13(2-4-14)5-8-17-23(19,20)18-9-6-15(7-10-18)21-11-12-22-15/h1-4,17H,5-12,16H2. The fraction of sp³-hybridized carbons (Fsp3) is 0.600. The lowest BCUT2D eigenvalue weighted by atomic mass is 10.1. The number of benzene rings is 1. The van der Waals surface area contributed by atoms with E-state index in [2.05, 4.69) is 4.72 Å². The maximum absolute atomic E-state index is 12.3. The fourth-order valence-electron chi connectivity index (χ4n) is 2.95. The summed E-state index contributed by atoms with van der Waals surface area (Å²) in [6.07, 6.45) is 1.78. The van der Waals surface area contributed by atoms with E-state index in [0.717, 1.165) is 5.56 Å². The molecule has 0 bridgehead atoms. The Morgan fingerprint density at radius 1 is 1.13 bits per heavy atom. The van der Waals surface area contributed by atoms with Gasteiger partial charge < -0.3 is 15.2 Å². The molecule has 2 heterocycles. The maximum Gasteiger partial charge on any atom is 0.279 e. The molecule has 3 N–H and O–H groups in total. The van der Waals surface area contributed by atoms with E-state index in [4.69, 9.17) is 15.2 Å². The number of ether oxygens (including phenoxy) is 2. The molecule has 0 amide bonds. The summed E-state index contributed by atoms with van der Waals surface area (Å²) in [5, 5.41) is 0. The van der Waals surface area contributed by atoms with Crippen LogP contribution >= 0.6 is 0 Å². The van der Waals surface area contributed by atoms with E-state index in [1.165, 1.54) is 4.31 Å². The summed E-state index contributed by atoms with van der Waals surface area (Å²) < 4.78 is 40.0. The van der Waals surface area contributed by atoms with Crippen molar-refractivity contribution in [3.63, 3.8) is 0 Å². The zero-order valence-corrected chi connectivity index (χ0v) is 13.8. The van der Waals surface area contributed by atoms with Crippen LogP contribution in [0.1, 0.15) is 18.4 Å². The van der Waals surface area contributed by atoms with Gasteiger partial charge in [-0.1, -0.05) is 12.1 Å². The number of rotatable bonds is 5. The number of nitrogens with zero attached hydrogens (tertiary/aromatic N) is 1. The second-order valence-electron chi connectivity index (χ2n) is 5.90. The number of hydrogen-bond donors (Lipinski definition) is 2. The van der Waals surface area contributed by atoms with Gasteiger partial charge in [-0.3, -0.25) is 0 Å². The molecule has 0 aromatic heterocycles. The first-order valence-corrected chi connectivity index (χ1v) is 9.30. The Morgan fingerprint density at radius 2 is 1.74 bits per heavy atom. The minimum absolute atomic E-state index is 0.362. The second kappa shape index (κ2) is 6.74. The molecule has 2 saturated heterocycles. The topological polar surface area (TPSA) is 93.9 Å². The molecular weight excluding hydrogens is 318 g/mol. The van der Waals surface area contributed by atoms with Gasteiger partial charge in [0.1, 0.15) is 0 Å². The summed E-state index contributed by atoms with van der Waals surface area (Å²) in [6.45, 7) is 2.37. The van der Waals surface area contributed by atoms with Crippen molar-refractivity contribution in [2.45, 2.75) is 25.0 Å². The highest BCUT2D eigenvalue weighted by Gasteiger charge is 2.42. The van der Waals surface area contributed by atoms with E-state index in [1.54, 1.807) is 0 Å². The Balaban J connectivity index is 1.48. The lowest BCUT2D eigenvalue weighted by Crippen LogP contribution is -2.50. The number of nitrogens with two attached hydrogens (primary N) is 1. The van der Waals surface area contributed by atoms with Crippen LogP contribution in [0.2, 0.25) is 0 Å². The SMILES string of the molecule is Nc1ccc(CCNS(=O)(=O)N2CCC3(CC2)OCCO3)cc1. The van der Waals surface area contributed by atoms with Crippen LogP contribution < -0.4 is 10.5 Å². The van der Waals surface area contributed by atoms with Crippen molar-refractivity contribution in [1.29, 1.82) is 0 Å². The number of hydrogen-bond acceptors (Lipinski definition) is 5. The Labute approximate surface area is 136 Å². The normalized spacial score (nSPS) is 21.7. The van der Waals surface area contributed by atoms with Gasteiger partial charge in [0.15, 0.2) is 5.79 Å². The summed E-state index contributed by atoms with van der Waals surface area (Å²) in [5.41, 5.74) is 7.38. The van der Waals surface area contributed by atoms with Crippen molar-refractivity contribution in [3.8, 4) is 0 Å². The molecule has 0 unspecified atom stereocenters. The van der Waals surface area contributed by atoms with Gasteiger partial charge in [0.25, 0.3) is 10.2 Å². The number of nitrogens with one attached hydrogen (secondary N) is 1. The van der Waals surface area contributed by atoms with Gasteiger partial charge in [-0.2, -0.15) is 12.7 Å². The third-order valence-corrected chi connectivity index (χ3v) is 5.93. The highest BCUT2D eigenvalue weighted by molar-refractivity contribution is 7.87. The van der Waals surface area contributed by atoms with Crippen molar-refractivity contribution in [2.24, 2.45) is 0 Å². The molecule has 128 valence electrons. The third kappa shape index (κ3) is 4.02. The fourth-order valence-corrected chi connectivity index (χ4v) is 4.16. The zero-order valence-electron chi connectivity index (χ0n) is 13.0. The molecule has 2 aliphatic heterocycles. The molecule has 2 fully saturated rings. The molecular formula is C15H23N3O4S. The molecule has 0 radical (unpaired) electrons. The average molecular weight is 341 g/mol.